The largest absolute Gasteiger partial charge is 0.383 e. The van der Waals surface area contributed by atoms with E-state index in [0.717, 1.165) is 5.56 Å². The predicted octanol–water partition coefficient (Wildman–Crippen LogP) is 0.0733. The Morgan fingerprint density at radius 2 is 1.96 bits per heavy atom. The van der Waals surface area contributed by atoms with E-state index >= 15 is 0 Å². The molecular formula is C17H19N3O4. The Bertz CT molecular complexity index is 749. The van der Waals surface area contributed by atoms with Gasteiger partial charge in [-0.05, 0) is 13.0 Å². The topological polar surface area (TPSA) is 87.7 Å². The second-order valence-corrected chi connectivity index (χ2v) is 6.57. The maximum atomic E-state index is 13.0. The molecule has 3 aliphatic rings. The summed E-state index contributed by atoms with van der Waals surface area (Å²) in [5.41, 5.74) is 0.262. The molecule has 4 rings (SSSR count). The Balaban J connectivity index is 1.82. The number of nitrogens with one attached hydrogen (secondary N) is 2. The molecule has 7 nitrogen and oxygen atoms in total. The minimum atomic E-state index is -1.17. The minimum absolute atomic E-state index is 0.216. The third kappa shape index (κ3) is 1.71. The lowest BCUT2D eigenvalue weighted by Gasteiger charge is -2.29. The Hall–Kier alpha value is -2.25. The van der Waals surface area contributed by atoms with Gasteiger partial charge in [0.05, 0.1) is 25.0 Å². The van der Waals surface area contributed by atoms with Crippen molar-refractivity contribution in [2.24, 2.45) is 11.8 Å². The van der Waals surface area contributed by atoms with Crippen molar-refractivity contribution >= 4 is 23.4 Å². The van der Waals surface area contributed by atoms with Gasteiger partial charge < -0.3 is 10.1 Å². The third-order valence-electron chi connectivity index (χ3n) is 5.38. The van der Waals surface area contributed by atoms with Gasteiger partial charge in [0, 0.05) is 24.4 Å². The molecule has 4 atom stereocenters. The minimum Gasteiger partial charge on any atom is -0.383 e. The quantitative estimate of drug-likeness (QED) is 0.767. The van der Waals surface area contributed by atoms with Crippen LogP contribution in [0, 0.1) is 11.8 Å². The Labute approximate surface area is 139 Å². The number of fused-ring (bicyclic) bond motifs is 4. The molecule has 0 radical (unpaired) electrons. The highest BCUT2D eigenvalue weighted by molar-refractivity contribution is 6.15. The van der Waals surface area contributed by atoms with Gasteiger partial charge in [0.25, 0.3) is 0 Å². The van der Waals surface area contributed by atoms with Crippen molar-refractivity contribution in [1.82, 2.24) is 10.2 Å². The molecule has 2 N–H and O–H groups in total. The van der Waals surface area contributed by atoms with Crippen LogP contribution in [-0.4, -0.2) is 48.9 Å². The van der Waals surface area contributed by atoms with Crippen molar-refractivity contribution in [3.63, 3.8) is 0 Å². The highest BCUT2D eigenvalue weighted by atomic mass is 16.5. The van der Waals surface area contributed by atoms with Crippen molar-refractivity contribution in [2.75, 3.05) is 25.6 Å². The smallest absolute Gasteiger partial charge is 0.250 e. The monoisotopic (exact) mass is 329 g/mol. The summed E-state index contributed by atoms with van der Waals surface area (Å²) in [5, 5.41) is 6.11. The first-order chi connectivity index (χ1) is 11.5. The number of amides is 3. The van der Waals surface area contributed by atoms with Gasteiger partial charge >= 0.3 is 0 Å². The number of hydrogen-bond acceptors (Lipinski definition) is 5. The SMILES string of the molecule is COCCN1C(=O)C2C(C)NC3(C(=O)Nc4ccccc43)C2C1=O. The lowest BCUT2D eigenvalue weighted by Crippen LogP contribution is -2.53. The molecule has 2 fully saturated rings. The van der Waals surface area contributed by atoms with Gasteiger partial charge in [-0.2, -0.15) is 0 Å². The fourth-order valence-electron chi connectivity index (χ4n) is 4.38. The van der Waals surface area contributed by atoms with Gasteiger partial charge in [-0.3, -0.25) is 24.6 Å². The molecule has 0 bridgehead atoms. The number of imide groups is 1. The zero-order valence-electron chi connectivity index (χ0n) is 13.5. The molecule has 0 saturated carbocycles. The maximum Gasteiger partial charge on any atom is 0.250 e. The molecule has 7 heteroatoms. The van der Waals surface area contributed by atoms with Gasteiger partial charge in [0.1, 0.15) is 5.54 Å². The van der Waals surface area contributed by atoms with E-state index < -0.39 is 17.4 Å². The van der Waals surface area contributed by atoms with E-state index in [9.17, 15) is 14.4 Å². The van der Waals surface area contributed by atoms with Gasteiger partial charge in [0.2, 0.25) is 17.7 Å². The second kappa shape index (κ2) is 5.12. The lowest BCUT2D eigenvalue weighted by atomic mass is 9.76. The molecule has 126 valence electrons. The highest BCUT2D eigenvalue weighted by Gasteiger charge is 2.69. The first-order valence-electron chi connectivity index (χ1n) is 8.05. The fraction of sp³-hybridized carbons (Fsp3) is 0.471. The number of nitrogens with zero attached hydrogens (tertiary/aromatic N) is 1. The molecule has 4 unspecified atom stereocenters. The number of ether oxygens (including phenoxy) is 1. The molecular weight excluding hydrogens is 310 g/mol. The molecule has 0 aromatic heterocycles. The zero-order chi connectivity index (χ0) is 17.1. The summed E-state index contributed by atoms with van der Waals surface area (Å²) in [4.78, 5) is 39.8. The average Bonchev–Trinajstić information content (AvgIpc) is 3.12. The lowest BCUT2D eigenvalue weighted by molar-refractivity contribution is -0.143. The van der Waals surface area contributed by atoms with Crippen molar-refractivity contribution in [1.29, 1.82) is 0 Å². The van der Waals surface area contributed by atoms with Crippen LogP contribution in [0.4, 0.5) is 5.69 Å². The number of hydrogen-bond donors (Lipinski definition) is 2. The van der Waals surface area contributed by atoms with Gasteiger partial charge in [-0.1, -0.05) is 18.2 Å². The van der Waals surface area contributed by atoms with Crippen LogP contribution in [-0.2, 0) is 24.7 Å². The van der Waals surface area contributed by atoms with Crippen LogP contribution in [0.15, 0.2) is 24.3 Å². The fourth-order valence-corrected chi connectivity index (χ4v) is 4.38. The van der Waals surface area contributed by atoms with Crippen LogP contribution in [0.3, 0.4) is 0 Å². The van der Waals surface area contributed by atoms with E-state index in [2.05, 4.69) is 10.6 Å². The Morgan fingerprint density at radius 1 is 1.21 bits per heavy atom. The van der Waals surface area contributed by atoms with Crippen LogP contribution in [0.25, 0.3) is 0 Å². The molecule has 24 heavy (non-hydrogen) atoms. The van der Waals surface area contributed by atoms with Crippen molar-refractivity contribution in [3.8, 4) is 0 Å². The van der Waals surface area contributed by atoms with Crippen LogP contribution in [0.2, 0.25) is 0 Å². The molecule has 1 spiro atoms. The summed E-state index contributed by atoms with van der Waals surface area (Å²) in [6.45, 7) is 2.35. The summed E-state index contributed by atoms with van der Waals surface area (Å²) in [6, 6.07) is 7.05. The van der Waals surface area contributed by atoms with E-state index in [1.165, 1.54) is 12.0 Å². The van der Waals surface area contributed by atoms with Crippen LogP contribution >= 0.6 is 0 Å². The summed E-state index contributed by atoms with van der Waals surface area (Å²) in [7, 11) is 1.53. The summed E-state index contributed by atoms with van der Waals surface area (Å²) < 4.78 is 5.00. The van der Waals surface area contributed by atoms with Gasteiger partial charge in [-0.25, -0.2) is 0 Å². The van der Waals surface area contributed by atoms with Crippen LogP contribution in [0.5, 0.6) is 0 Å². The number of carbonyl (C=O) groups is 3. The first kappa shape index (κ1) is 15.3. The summed E-state index contributed by atoms with van der Waals surface area (Å²) in [6.07, 6.45) is 0. The number of benzene rings is 1. The number of likely N-dealkylation sites (tertiary alicyclic amines) is 1. The first-order valence-corrected chi connectivity index (χ1v) is 8.05. The van der Waals surface area contributed by atoms with Crippen molar-refractivity contribution < 1.29 is 19.1 Å². The van der Waals surface area contributed by atoms with E-state index in [1.54, 1.807) is 0 Å². The van der Waals surface area contributed by atoms with Crippen molar-refractivity contribution in [3.05, 3.63) is 29.8 Å². The van der Waals surface area contributed by atoms with E-state index in [1.807, 2.05) is 31.2 Å². The number of carbonyl (C=O) groups excluding carboxylic acids is 3. The predicted molar refractivity (Wildman–Crippen MR) is 84.9 cm³/mol. The summed E-state index contributed by atoms with van der Waals surface area (Å²) in [5.74, 6) is -2.05. The average molecular weight is 329 g/mol. The Kier molecular flexibility index (Phi) is 3.26. The molecule has 3 aliphatic heterocycles. The second-order valence-electron chi connectivity index (χ2n) is 6.57. The van der Waals surface area contributed by atoms with Crippen molar-refractivity contribution in [2.45, 2.75) is 18.5 Å². The van der Waals surface area contributed by atoms with Gasteiger partial charge in [-0.15, -0.1) is 0 Å². The zero-order valence-corrected chi connectivity index (χ0v) is 13.5. The normalized spacial score (nSPS) is 34.0. The maximum absolute atomic E-state index is 13.0. The number of methoxy groups -OCH3 is 1. The van der Waals surface area contributed by atoms with Gasteiger partial charge in [0.15, 0.2) is 0 Å². The summed E-state index contributed by atoms with van der Waals surface area (Å²) >= 11 is 0. The van der Waals surface area contributed by atoms with Crippen LogP contribution in [0.1, 0.15) is 12.5 Å². The number of rotatable bonds is 3. The molecule has 2 saturated heterocycles. The highest BCUT2D eigenvalue weighted by Crippen LogP contribution is 2.52. The molecule has 3 amide bonds. The molecule has 0 aliphatic carbocycles. The third-order valence-corrected chi connectivity index (χ3v) is 5.38. The number of anilines is 1. The number of para-hydroxylation sites is 1. The molecule has 3 heterocycles. The van der Waals surface area contributed by atoms with E-state index in [-0.39, 0.29) is 36.9 Å². The molecule has 1 aromatic carbocycles. The Morgan fingerprint density at radius 3 is 2.71 bits per heavy atom. The van der Waals surface area contributed by atoms with E-state index in [4.69, 9.17) is 4.74 Å². The standard InChI is InChI=1S/C17H19N3O4/c1-9-12-13(15(22)20(14(12)21)7-8-24-2)17(19-9)10-5-3-4-6-11(10)18-16(17)23/h3-6,9,12-13,19H,7-8H2,1-2H3,(H,18,23). The van der Waals surface area contributed by atoms with Crippen LogP contribution < -0.4 is 10.6 Å². The molecule has 1 aromatic rings. The van der Waals surface area contributed by atoms with E-state index in [0.29, 0.717) is 5.69 Å².